The van der Waals surface area contributed by atoms with Crippen LogP contribution in [0.2, 0.25) is 0 Å². The van der Waals surface area contributed by atoms with Gasteiger partial charge in [-0.3, -0.25) is 0 Å². The molecule has 0 heterocycles. The lowest BCUT2D eigenvalue weighted by Crippen LogP contribution is -2.02. The molecule has 5 heteroatoms. The minimum absolute atomic E-state index is 0.273. The molecule has 2 aromatic rings. The van der Waals surface area contributed by atoms with Gasteiger partial charge in [-0.05, 0) is 62.3 Å². The topological polar surface area (TPSA) is 12.0 Å². The van der Waals surface area contributed by atoms with Gasteiger partial charge in [0.15, 0.2) is 0 Å². The third-order valence-corrected chi connectivity index (χ3v) is 3.73. The van der Waals surface area contributed by atoms with Crippen molar-refractivity contribution in [3.05, 3.63) is 61.6 Å². The zero-order chi connectivity index (χ0) is 13.1. The number of rotatable bonds is 3. The van der Waals surface area contributed by atoms with Gasteiger partial charge >= 0.3 is 0 Å². The molecule has 94 valence electrons. The highest BCUT2D eigenvalue weighted by Crippen LogP contribution is 2.27. The number of hydrogen-bond acceptors (Lipinski definition) is 1. The summed E-state index contributed by atoms with van der Waals surface area (Å²) in [6, 6.07) is 9.98. The first-order chi connectivity index (χ1) is 8.56. The summed E-state index contributed by atoms with van der Waals surface area (Å²) in [6.07, 6.45) is 0. The molecule has 0 saturated heterocycles. The fourth-order valence-corrected chi connectivity index (χ4v) is 2.41. The second-order valence-electron chi connectivity index (χ2n) is 3.72. The Bertz CT molecular complexity index is 534. The average Bonchev–Trinajstić information content (AvgIpc) is 2.30. The van der Waals surface area contributed by atoms with Crippen molar-refractivity contribution in [1.29, 1.82) is 0 Å². The summed E-state index contributed by atoms with van der Waals surface area (Å²) in [6.45, 7) is 0.484. The van der Waals surface area contributed by atoms with Crippen LogP contribution in [-0.2, 0) is 6.54 Å². The van der Waals surface area contributed by atoms with E-state index in [2.05, 4.69) is 43.8 Å². The molecule has 0 aliphatic carbocycles. The van der Waals surface area contributed by atoms with Gasteiger partial charge in [-0.15, -0.1) is 0 Å². The van der Waals surface area contributed by atoms with Gasteiger partial charge in [0.1, 0.15) is 11.6 Å². The maximum absolute atomic E-state index is 13.5. The summed E-state index contributed by atoms with van der Waals surface area (Å²) in [5.74, 6) is -1.20. The Labute approximate surface area is 126 Å². The van der Waals surface area contributed by atoms with Crippen molar-refractivity contribution < 1.29 is 8.78 Å². The SMILES string of the molecule is Fc1cc(F)c(NCc2ccc(I)cc2)c(Br)c1. The Hall–Kier alpha value is -0.690. The van der Waals surface area contributed by atoms with Crippen molar-refractivity contribution in [2.45, 2.75) is 6.54 Å². The Morgan fingerprint density at radius 3 is 2.39 bits per heavy atom. The Morgan fingerprint density at radius 1 is 1.11 bits per heavy atom. The molecule has 0 saturated carbocycles. The van der Waals surface area contributed by atoms with Crippen LogP contribution in [0.4, 0.5) is 14.5 Å². The molecule has 0 radical (unpaired) electrons. The smallest absolute Gasteiger partial charge is 0.150 e. The van der Waals surface area contributed by atoms with E-state index in [0.717, 1.165) is 15.2 Å². The molecule has 0 spiro atoms. The first-order valence-electron chi connectivity index (χ1n) is 5.19. The molecule has 0 aliphatic heterocycles. The molecule has 0 amide bonds. The first-order valence-corrected chi connectivity index (χ1v) is 7.06. The van der Waals surface area contributed by atoms with Crippen molar-refractivity contribution in [1.82, 2.24) is 0 Å². The molecule has 0 unspecified atom stereocenters. The van der Waals surface area contributed by atoms with E-state index in [1.54, 1.807) is 0 Å². The maximum Gasteiger partial charge on any atom is 0.150 e. The molecule has 2 rings (SSSR count). The molecule has 2 aromatic carbocycles. The zero-order valence-corrected chi connectivity index (χ0v) is 12.9. The van der Waals surface area contributed by atoms with Gasteiger partial charge in [-0.25, -0.2) is 8.78 Å². The summed E-state index contributed by atoms with van der Waals surface area (Å²) < 4.78 is 28.0. The lowest BCUT2D eigenvalue weighted by Gasteiger charge is -2.10. The second kappa shape index (κ2) is 5.97. The van der Waals surface area contributed by atoms with Gasteiger partial charge in [-0.1, -0.05) is 12.1 Å². The minimum atomic E-state index is -0.604. The van der Waals surface area contributed by atoms with Crippen molar-refractivity contribution in [2.75, 3.05) is 5.32 Å². The number of anilines is 1. The van der Waals surface area contributed by atoms with E-state index in [1.165, 1.54) is 6.07 Å². The maximum atomic E-state index is 13.5. The lowest BCUT2D eigenvalue weighted by atomic mass is 10.2. The minimum Gasteiger partial charge on any atom is -0.378 e. The summed E-state index contributed by atoms with van der Waals surface area (Å²) in [4.78, 5) is 0. The molecule has 0 bridgehead atoms. The van der Waals surface area contributed by atoms with Gasteiger partial charge < -0.3 is 5.32 Å². The number of hydrogen-bond donors (Lipinski definition) is 1. The van der Waals surface area contributed by atoms with Crippen LogP contribution in [0.3, 0.4) is 0 Å². The average molecular weight is 424 g/mol. The Morgan fingerprint density at radius 2 is 1.78 bits per heavy atom. The van der Waals surface area contributed by atoms with E-state index in [1.807, 2.05) is 24.3 Å². The van der Waals surface area contributed by atoms with E-state index in [-0.39, 0.29) is 5.69 Å². The highest BCUT2D eigenvalue weighted by atomic mass is 127. The normalized spacial score (nSPS) is 10.4. The van der Waals surface area contributed by atoms with Crippen LogP contribution in [0.25, 0.3) is 0 Å². The summed E-state index contributed by atoms with van der Waals surface area (Å²) in [5, 5.41) is 2.95. The fourth-order valence-electron chi connectivity index (χ4n) is 1.50. The second-order valence-corrected chi connectivity index (χ2v) is 5.82. The van der Waals surface area contributed by atoms with E-state index >= 15 is 0 Å². The number of halogens is 4. The predicted molar refractivity (Wildman–Crippen MR) is 80.5 cm³/mol. The molecule has 1 N–H and O–H groups in total. The molecule has 0 atom stereocenters. The van der Waals surface area contributed by atoms with Crippen LogP contribution in [-0.4, -0.2) is 0 Å². The molecular formula is C13H9BrF2IN. The number of nitrogens with one attached hydrogen (secondary N) is 1. The van der Waals surface area contributed by atoms with Gasteiger partial charge in [-0.2, -0.15) is 0 Å². The highest BCUT2D eigenvalue weighted by Gasteiger charge is 2.09. The molecule has 0 aliphatic rings. The van der Waals surface area contributed by atoms with E-state index < -0.39 is 11.6 Å². The van der Waals surface area contributed by atoms with Crippen LogP contribution in [0, 0.1) is 15.2 Å². The van der Waals surface area contributed by atoms with E-state index in [0.29, 0.717) is 11.0 Å². The lowest BCUT2D eigenvalue weighted by molar-refractivity contribution is 0.583. The molecule has 18 heavy (non-hydrogen) atoms. The molecule has 0 fully saturated rings. The number of benzene rings is 2. The van der Waals surface area contributed by atoms with E-state index in [9.17, 15) is 8.78 Å². The van der Waals surface area contributed by atoms with Crippen LogP contribution < -0.4 is 5.32 Å². The van der Waals surface area contributed by atoms with Gasteiger partial charge in [0.2, 0.25) is 0 Å². The van der Waals surface area contributed by atoms with Crippen molar-refractivity contribution in [3.8, 4) is 0 Å². The van der Waals surface area contributed by atoms with Gasteiger partial charge in [0, 0.05) is 20.7 Å². The third-order valence-electron chi connectivity index (χ3n) is 2.39. The summed E-state index contributed by atoms with van der Waals surface area (Å²) in [7, 11) is 0. The van der Waals surface area contributed by atoms with Crippen molar-refractivity contribution in [3.63, 3.8) is 0 Å². The summed E-state index contributed by atoms with van der Waals surface area (Å²) in [5.41, 5.74) is 1.31. The Balaban J connectivity index is 2.13. The molecular weight excluding hydrogens is 415 g/mol. The molecule has 0 aromatic heterocycles. The monoisotopic (exact) mass is 423 g/mol. The quantitative estimate of drug-likeness (QED) is 0.689. The Kier molecular flexibility index (Phi) is 4.55. The van der Waals surface area contributed by atoms with Crippen LogP contribution >= 0.6 is 38.5 Å². The first kappa shape index (κ1) is 13.7. The predicted octanol–water partition coefficient (Wildman–Crippen LogP) is 4.94. The summed E-state index contributed by atoms with van der Waals surface area (Å²) >= 11 is 5.36. The van der Waals surface area contributed by atoms with Gasteiger partial charge in [0.25, 0.3) is 0 Å². The van der Waals surface area contributed by atoms with Crippen molar-refractivity contribution >= 4 is 44.2 Å². The standard InChI is InChI=1S/C13H9BrF2IN/c14-11-5-9(15)6-12(16)13(11)18-7-8-1-3-10(17)4-2-8/h1-6,18H,7H2. The fraction of sp³-hybridized carbons (Fsp3) is 0.0769. The van der Waals surface area contributed by atoms with Crippen molar-refractivity contribution in [2.24, 2.45) is 0 Å². The van der Waals surface area contributed by atoms with E-state index in [4.69, 9.17) is 0 Å². The highest BCUT2D eigenvalue weighted by molar-refractivity contribution is 14.1. The van der Waals surface area contributed by atoms with Crippen LogP contribution in [0.15, 0.2) is 40.9 Å². The van der Waals surface area contributed by atoms with Gasteiger partial charge in [0.05, 0.1) is 5.69 Å². The zero-order valence-electron chi connectivity index (χ0n) is 9.18. The molecule has 1 nitrogen and oxygen atoms in total. The third kappa shape index (κ3) is 3.41. The largest absolute Gasteiger partial charge is 0.378 e. The van der Waals surface area contributed by atoms with Crippen LogP contribution in [0.1, 0.15) is 5.56 Å². The van der Waals surface area contributed by atoms with Crippen LogP contribution in [0.5, 0.6) is 0 Å².